The minimum atomic E-state index is -0.857. The Labute approximate surface area is 110 Å². The zero-order chi connectivity index (χ0) is 13.6. The summed E-state index contributed by atoms with van der Waals surface area (Å²) in [4.78, 5) is 30.0. The van der Waals surface area contributed by atoms with E-state index in [1.54, 1.807) is 24.9 Å². The van der Waals surface area contributed by atoms with E-state index in [0.717, 1.165) is 5.01 Å². The number of aromatic nitrogens is 1. The molecule has 2 amide bonds. The van der Waals surface area contributed by atoms with Crippen LogP contribution in [0.2, 0.25) is 0 Å². The van der Waals surface area contributed by atoms with Crippen molar-refractivity contribution in [3.05, 3.63) is 16.6 Å². The molecule has 0 atom stereocenters. The van der Waals surface area contributed by atoms with Gasteiger partial charge in [-0.05, 0) is 27.7 Å². The van der Waals surface area contributed by atoms with Crippen LogP contribution in [-0.4, -0.2) is 33.8 Å². The van der Waals surface area contributed by atoms with Gasteiger partial charge < -0.3 is 10.2 Å². The number of nitrogens with zero attached hydrogens (tertiary/aromatic N) is 2. The summed E-state index contributed by atoms with van der Waals surface area (Å²) in [6.07, 6.45) is 1.71. The lowest BCUT2D eigenvalue weighted by Gasteiger charge is -2.44. The Morgan fingerprint density at radius 3 is 2.67 bits per heavy atom. The summed E-state index contributed by atoms with van der Waals surface area (Å²) < 4.78 is 0. The van der Waals surface area contributed by atoms with Crippen molar-refractivity contribution in [3.63, 3.8) is 0 Å². The van der Waals surface area contributed by atoms with E-state index in [4.69, 9.17) is 0 Å². The van der Waals surface area contributed by atoms with Gasteiger partial charge in [0.25, 0.3) is 0 Å². The first-order chi connectivity index (χ1) is 8.25. The topological polar surface area (TPSA) is 62.3 Å². The fraction of sp³-hybridized carbons (Fsp3) is 0.583. The van der Waals surface area contributed by atoms with E-state index in [-0.39, 0.29) is 18.4 Å². The fourth-order valence-electron chi connectivity index (χ4n) is 2.09. The molecule has 6 heteroatoms. The van der Waals surface area contributed by atoms with Crippen LogP contribution >= 0.6 is 11.3 Å². The predicted molar refractivity (Wildman–Crippen MR) is 69.1 cm³/mol. The highest BCUT2D eigenvalue weighted by molar-refractivity contribution is 7.09. The van der Waals surface area contributed by atoms with E-state index >= 15 is 0 Å². The molecule has 1 aromatic heterocycles. The molecule has 1 aromatic rings. The third-order valence-corrected chi connectivity index (χ3v) is 4.25. The summed E-state index contributed by atoms with van der Waals surface area (Å²) >= 11 is 1.49. The van der Waals surface area contributed by atoms with Crippen LogP contribution in [0, 0.1) is 0 Å². The molecule has 0 spiro atoms. The van der Waals surface area contributed by atoms with Crippen molar-refractivity contribution in [2.45, 2.75) is 38.8 Å². The molecule has 98 valence electrons. The minimum Gasteiger partial charge on any atom is -0.341 e. The highest BCUT2D eigenvalue weighted by Gasteiger charge is 2.46. The van der Waals surface area contributed by atoms with Gasteiger partial charge >= 0.3 is 0 Å². The Morgan fingerprint density at radius 2 is 2.11 bits per heavy atom. The highest BCUT2D eigenvalue weighted by Crippen LogP contribution is 2.32. The van der Waals surface area contributed by atoms with Crippen LogP contribution in [0.15, 0.2) is 11.6 Å². The van der Waals surface area contributed by atoms with E-state index in [1.807, 2.05) is 19.2 Å². The first-order valence-electron chi connectivity index (χ1n) is 5.78. The molecule has 0 radical (unpaired) electrons. The Kier molecular flexibility index (Phi) is 2.93. The maximum Gasteiger partial charge on any atom is 0.249 e. The largest absolute Gasteiger partial charge is 0.341 e. The zero-order valence-electron chi connectivity index (χ0n) is 11.0. The Hall–Kier alpha value is -1.43. The number of rotatable bonds is 2. The summed E-state index contributed by atoms with van der Waals surface area (Å²) in [6, 6.07) is 0. The van der Waals surface area contributed by atoms with Crippen LogP contribution in [0.5, 0.6) is 0 Å². The van der Waals surface area contributed by atoms with Crippen molar-refractivity contribution in [2.24, 2.45) is 0 Å². The number of hydrogen-bond acceptors (Lipinski definition) is 4. The van der Waals surface area contributed by atoms with Gasteiger partial charge in [0.2, 0.25) is 11.8 Å². The van der Waals surface area contributed by atoms with E-state index in [2.05, 4.69) is 10.3 Å². The Morgan fingerprint density at radius 1 is 1.44 bits per heavy atom. The van der Waals surface area contributed by atoms with Crippen LogP contribution in [0.1, 0.15) is 32.7 Å². The van der Waals surface area contributed by atoms with Gasteiger partial charge in [0, 0.05) is 11.6 Å². The SMILES string of the molecule is CC1(C)NC(=O)CN(C(C)(C)c2nccs2)C1=O. The van der Waals surface area contributed by atoms with Crippen molar-refractivity contribution in [2.75, 3.05) is 6.54 Å². The summed E-state index contributed by atoms with van der Waals surface area (Å²) in [7, 11) is 0. The van der Waals surface area contributed by atoms with E-state index in [0.29, 0.717) is 0 Å². The average Bonchev–Trinajstić information content (AvgIpc) is 2.76. The molecule has 1 aliphatic rings. The molecule has 0 saturated carbocycles. The Bertz CT molecular complexity index is 480. The molecule has 1 saturated heterocycles. The summed E-state index contributed by atoms with van der Waals surface area (Å²) in [5.74, 6) is -0.216. The molecule has 5 nitrogen and oxygen atoms in total. The maximum atomic E-state index is 12.4. The number of nitrogens with one attached hydrogen (secondary N) is 1. The molecule has 18 heavy (non-hydrogen) atoms. The smallest absolute Gasteiger partial charge is 0.249 e. The van der Waals surface area contributed by atoms with Crippen LogP contribution in [0.4, 0.5) is 0 Å². The normalized spacial score (nSPS) is 19.9. The lowest BCUT2D eigenvalue weighted by Crippen LogP contribution is -2.67. The summed E-state index contributed by atoms with van der Waals surface area (Å²) in [6.45, 7) is 7.35. The van der Waals surface area contributed by atoms with Gasteiger partial charge in [-0.25, -0.2) is 4.98 Å². The molecular formula is C12H17N3O2S. The third-order valence-electron chi connectivity index (χ3n) is 3.16. The standard InChI is InChI=1S/C12H17N3O2S/c1-11(2)10(17)15(7-8(16)14-11)12(3,4)9-13-5-6-18-9/h5-6H,7H2,1-4H3,(H,14,16). The predicted octanol–water partition coefficient (Wildman–Crippen LogP) is 1.12. The summed E-state index contributed by atoms with van der Waals surface area (Å²) in [5, 5.41) is 5.41. The zero-order valence-corrected chi connectivity index (χ0v) is 11.8. The molecule has 0 bridgehead atoms. The quantitative estimate of drug-likeness (QED) is 0.873. The third kappa shape index (κ3) is 2.01. The molecule has 0 aromatic carbocycles. The second kappa shape index (κ2) is 4.05. The fourth-order valence-corrected chi connectivity index (χ4v) is 2.86. The van der Waals surface area contributed by atoms with Crippen LogP contribution in [0.3, 0.4) is 0 Å². The number of amides is 2. The van der Waals surface area contributed by atoms with Gasteiger partial charge in [-0.15, -0.1) is 11.3 Å². The first-order valence-corrected chi connectivity index (χ1v) is 6.66. The van der Waals surface area contributed by atoms with Gasteiger partial charge in [-0.3, -0.25) is 9.59 Å². The van der Waals surface area contributed by atoms with Crippen LogP contribution < -0.4 is 5.32 Å². The lowest BCUT2D eigenvalue weighted by atomic mass is 9.94. The molecule has 0 aliphatic carbocycles. The van der Waals surface area contributed by atoms with Crippen molar-refractivity contribution in [1.29, 1.82) is 0 Å². The first kappa shape index (κ1) is 13.0. The maximum absolute atomic E-state index is 12.4. The molecule has 1 aliphatic heterocycles. The number of carbonyl (C=O) groups is 2. The van der Waals surface area contributed by atoms with Gasteiger partial charge in [-0.1, -0.05) is 0 Å². The van der Waals surface area contributed by atoms with Gasteiger partial charge in [0.05, 0.1) is 5.54 Å². The Balaban J connectivity index is 2.37. The van der Waals surface area contributed by atoms with E-state index < -0.39 is 11.1 Å². The van der Waals surface area contributed by atoms with Gasteiger partial charge in [-0.2, -0.15) is 0 Å². The number of hydrogen-bond donors (Lipinski definition) is 1. The molecule has 2 heterocycles. The molecular weight excluding hydrogens is 250 g/mol. The molecule has 1 fully saturated rings. The average molecular weight is 267 g/mol. The van der Waals surface area contributed by atoms with Crippen LogP contribution in [-0.2, 0) is 15.1 Å². The highest BCUT2D eigenvalue weighted by atomic mass is 32.1. The molecule has 0 unspecified atom stereocenters. The number of carbonyl (C=O) groups excluding carboxylic acids is 2. The van der Waals surface area contributed by atoms with Crippen molar-refractivity contribution >= 4 is 23.2 Å². The lowest BCUT2D eigenvalue weighted by molar-refractivity contribution is -0.154. The number of piperazine rings is 1. The van der Waals surface area contributed by atoms with Crippen molar-refractivity contribution in [3.8, 4) is 0 Å². The van der Waals surface area contributed by atoms with Gasteiger partial charge in [0.1, 0.15) is 17.1 Å². The molecule has 2 rings (SSSR count). The number of thiazole rings is 1. The molecule has 1 N–H and O–H groups in total. The van der Waals surface area contributed by atoms with Crippen LogP contribution in [0.25, 0.3) is 0 Å². The monoisotopic (exact) mass is 267 g/mol. The van der Waals surface area contributed by atoms with E-state index in [1.165, 1.54) is 11.3 Å². The van der Waals surface area contributed by atoms with Gasteiger partial charge in [0.15, 0.2) is 0 Å². The van der Waals surface area contributed by atoms with E-state index in [9.17, 15) is 9.59 Å². The minimum absolute atomic E-state index is 0.0782. The second-order valence-corrected chi connectivity index (χ2v) is 6.36. The van der Waals surface area contributed by atoms with Crippen molar-refractivity contribution < 1.29 is 9.59 Å². The summed E-state index contributed by atoms with van der Waals surface area (Å²) in [5.41, 5.74) is -1.43. The van der Waals surface area contributed by atoms with Crippen molar-refractivity contribution in [1.82, 2.24) is 15.2 Å². The second-order valence-electron chi connectivity index (χ2n) is 5.46.